The van der Waals surface area contributed by atoms with Gasteiger partial charge in [-0.3, -0.25) is 0 Å². The lowest BCUT2D eigenvalue weighted by molar-refractivity contribution is 1.17. The first kappa shape index (κ1) is 9.80. The average molecular weight is 248 g/mol. The van der Waals surface area contributed by atoms with Crippen molar-refractivity contribution in [1.82, 2.24) is 19.9 Å². The Kier molecular flexibility index (Phi) is 2.19. The van der Waals surface area contributed by atoms with Crippen LogP contribution >= 0.6 is 22.7 Å². The van der Waals surface area contributed by atoms with E-state index in [1.165, 1.54) is 11.3 Å². The minimum absolute atomic E-state index is 0.750. The third-order valence-corrected chi connectivity index (χ3v) is 4.00. The molecule has 6 heteroatoms. The topological polar surface area (TPSA) is 51.6 Å². The molecular formula is C10H8N4S2. The predicted molar refractivity (Wildman–Crippen MR) is 65.8 cm³/mol. The van der Waals surface area contributed by atoms with E-state index < -0.39 is 0 Å². The summed E-state index contributed by atoms with van der Waals surface area (Å²) in [4.78, 5) is 19.3. The van der Waals surface area contributed by atoms with Crippen molar-refractivity contribution >= 4 is 33.0 Å². The van der Waals surface area contributed by atoms with E-state index in [1.807, 2.05) is 13.8 Å². The highest BCUT2D eigenvalue weighted by molar-refractivity contribution is 7.16. The summed E-state index contributed by atoms with van der Waals surface area (Å²) in [6.45, 7) is 3.98. The second kappa shape index (κ2) is 3.57. The van der Waals surface area contributed by atoms with Crippen molar-refractivity contribution in [3.63, 3.8) is 0 Å². The molecule has 80 valence electrons. The molecule has 3 heterocycles. The van der Waals surface area contributed by atoms with Crippen molar-refractivity contribution in [2.75, 3.05) is 0 Å². The zero-order valence-corrected chi connectivity index (χ0v) is 10.4. The Morgan fingerprint density at radius 2 is 2.00 bits per heavy atom. The van der Waals surface area contributed by atoms with Gasteiger partial charge < -0.3 is 0 Å². The van der Waals surface area contributed by atoms with Crippen LogP contribution in [-0.2, 0) is 0 Å². The Balaban J connectivity index is 2.21. The second-order valence-corrected chi connectivity index (χ2v) is 5.42. The van der Waals surface area contributed by atoms with E-state index >= 15 is 0 Å². The molecule has 0 aromatic carbocycles. The van der Waals surface area contributed by atoms with Gasteiger partial charge in [-0.05, 0) is 13.8 Å². The Morgan fingerprint density at radius 1 is 1.12 bits per heavy atom. The van der Waals surface area contributed by atoms with Crippen LogP contribution in [0.3, 0.4) is 0 Å². The SMILES string of the molecule is Cc1nc(C)c(-c2ncc3ncsc3n2)s1. The van der Waals surface area contributed by atoms with Crippen LogP contribution in [0.2, 0.25) is 0 Å². The summed E-state index contributed by atoms with van der Waals surface area (Å²) < 4.78 is 0. The highest BCUT2D eigenvalue weighted by Gasteiger charge is 2.11. The lowest BCUT2D eigenvalue weighted by atomic mass is 10.3. The molecule has 0 fully saturated rings. The van der Waals surface area contributed by atoms with Crippen LogP contribution in [0.5, 0.6) is 0 Å². The van der Waals surface area contributed by atoms with Crippen LogP contribution in [0.15, 0.2) is 11.7 Å². The molecule has 4 nitrogen and oxygen atoms in total. The summed E-state index contributed by atoms with van der Waals surface area (Å²) in [6.07, 6.45) is 1.77. The third-order valence-electron chi connectivity index (χ3n) is 2.20. The van der Waals surface area contributed by atoms with Gasteiger partial charge in [-0.25, -0.2) is 19.9 Å². The fourth-order valence-corrected chi connectivity index (χ4v) is 3.01. The van der Waals surface area contributed by atoms with Gasteiger partial charge in [-0.15, -0.1) is 22.7 Å². The number of hydrogen-bond donors (Lipinski definition) is 0. The zero-order chi connectivity index (χ0) is 11.1. The Labute approximate surface area is 100 Å². The Hall–Kier alpha value is -1.40. The van der Waals surface area contributed by atoms with Gasteiger partial charge >= 0.3 is 0 Å². The van der Waals surface area contributed by atoms with E-state index in [9.17, 15) is 0 Å². The first-order chi connectivity index (χ1) is 7.74. The molecule has 0 radical (unpaired) electrons. The molecule has 3 rings (SSSR count). The van der Waals surface area contributed by atoms with E-state index in [0.717, 1.165) is 31.8 Å². The summed E-state index contributed by atoms with van der Waals surface area (Å²) in [5, 5.41) is 1.04. The lowest BCUT2D eigenvalue weighted by Gasteiger charge is -1.95. The molecule has 0 unspecified atom stereocenters. The monoisotopic (exact) mass is 248 g/mol. The molecule has 0 saturated carbocycles. The molecule has 0 N–H and O–H groups in total. The van der Waals surface area contributed by atoms with Gasteiger partial charge in [0.25, 0.3) is 0 Å². The minimum atomic E-state index is 0.750. The maximum atomic E-state index is 4.49. The first-order valence-electron chi connectivity index (χ1n) is 4.74. The quantitative estimate of drug-likeness (QED) is 0.664. The number of thiazole rings is 2. The lowest BCUT2D eigenvalue weighted by Crippen LogP contribution is -1.87. The molecule has 0 saturated heterocycles. The average Bonchev–Trinajstić information content (AvgIpc) is 2.83. The predicted octanol–water partition coefficient (Wildman–Crippen LogP) is 2.83. The van der Waals surface area contributed by atoms with Crippen LogP contribution in [0.4, 0.5) is 0 Å². The van der Waals surface area contributed by atoms with Gasteiger partial charge in [0.05, 0.1) is 27.3 Å². The van der Waals surface area contributed by atoms with Crippen molar-refractivity contribution in [1.29, 1.82) is 0 Å². The Bertz CT molecular complexity index is 656. The number of nitrogens with zero attached hydrogens (tertiary/aromatic N) is 4. The highest BCUT2D eigenvalue weighted by Crippen LogP contribution is 2.28. The molecule has 3 aromatic rings. The van der Waals surface area contributed by atoms with Crippen molar-refractivity contribution in [3.8, 4) is 10.7 Å². The molecule has 0 bridgehead atoms. The highest BCUT2D eigenvalue weighted by atomic mass is 32.1. The van der Waals surface area contributed by atoms with Crippen LogP contribution in [-0.4, -0.2) is 19.9 Å². The Morgan fingerprint density at radius 3 is 2.75 bits per heavy atom. The molecule has 0 aliphatic rings. The number of rotatable bonds is 1. The van der Waals surface area contributed by atoms with E-state index in [4.69, 9.17) is 0 Å². The number of fused-ring (bicyclic) bond motifs is 1. The van der Waals surface area contributed by atoms with Gasteiger partial charge in [-0.1, -0.05) is 0 Å². The maximum absolute atomic E-state index is 4.49. The molecule has 16 heavy (non-hydrogen) atoms. The summed E-state index contributed by atoms with van der Waals surface area (Å²) >= 11 is 3.16. The van der Waals surface area contributed by atoms with Crippen LogP contribution in [0, 0.1) is 13.8 Å². The van der Waals surface area contributed by atoms with Gasteiger partial charge in [0.15, 0.2) is 5.82 Å². The van der Waals surface area contributed by atoms with E-state index in [1.54, 1.807) is 23.0 Å². The first-order valence-corrected chi connectivity index (χ1v) is 6.44. The van der Waals surface area contributed by atoms with Gasteiger partial charge in [0.2, 0.25) is 0 Å². The van der Waals surface area contributed by atoms with Crippen molar-refractivity contribution in [2.24, 2.45) is 0 Å². The van der Waals surface area contributed by atoms with E-state index in [0.29, 0.717) is 0 Å². The molecule has 0 atom stereocenters. The van der Waals surface area contributed by atoms with Gasteiger partial charge in [-0.2, -0.15) is 0 Å². The van der Waals surface area contributed by atoms with Gasteiger partial charge in [0.1, 0.15) is 10.3 Å². The fourth-order valence-electron chi connectivity index (χ4n) is 1.52. The van der Waals surface area contributed by atoms with Crippen molar-refractivity contribution in [3.05, 3.63) is 22.4 Å². The normalized spacial score (nSPS) is 11.1. The zero-order valence-electron chi connectivity index (χ0n) is 8.76. The fraction of sp³-hybridized carbons (Fsp3) is 0.200. The number of aryl methyl sites for hydroxylation is 2. The largest absolute Gasteiger partial charge is 0.246 e. The number of aromatic nitrogens is 4. The smallest absolute Gasteiger partial charge is 0.172 e. The summed E-state index contributed by atoms with van der Waals surface area (Å²) in [7, 11) is 0. The third kappa shape index (κ3) is 1.50. The van der Waals surface area contributed by atoms with Crippen molar-refractivity contribution in [2.45, 2.75) is 13.8 Å². The summed E-state index contributed by atoms with van der Waals surface area (Å²) in [6, 6.07) is 0. The van der Waals surface area contributed by atoms with E-state index in [-0.39, 0.29) is 0 Å². The van der Waals surface area contributed by atoms with Gasteiger partial charge in [0, 0.05) is 0 Å². The van der Waals surface area contributed by atoms with Crippen LogP contribution in [0.25, 0.3) is 21.0 Å². The van der Waals surface area contributed by atoms with E-state index in [2.05, 4.69) is 19.9 Å². The van der Waals surface area contributed by atoms with Crippen LogP contribution in [0.1, 0.15) is 10.7 Å². The molecular weight excluding hydrogens is 240 g/mol. The molecule has 0 aliphatic carbocycles. The maximum Gasteiger partial charge on any atom is 0.172 e. The van der Waals surface area contributed by atoms with Crippen molar-refractivity contribution < 1.29 is 0 Å². The van der Waals surface area contributed by atoms with Crippen LogP contribution < -0.4 is 0 Å². The molecule has 0 aliphatic heterocycles. The second-order valence-electron chi connectivity index (χ2n) is 3.38. The molecule has 0 amide bonds. The summed E-state index contributed by atoms with van der Waals surface area (Å²) in [5.41, 5.74) is 3.63. The standard InChI is InChI=1S/C10H8N4S2/c1-5-8(16-6(2)13-5)9-11-3-7-10(14-9)15-4-12-7/h3-4H,1-2H3. The minimum Gasteiger partial charge on any atom is -0.246 e. The molecule has 0 spiro atoms. The molecule has 3 aromatic heterocycles. The number of hydrogen-bond acceptors (Lipinski definition) is 6. The summed E-state index contributed by atoms with van der Waals surface area (Å²) in [5.74, 6) is 0.750.